The van der Waals surface area contributed by atoms with Gasteiger partial charge in [-0.25, -0.2) is 9.97 Å². The van der Waals surface area contributed by atoms with Crippen LogP contribution < -0.4 is 16.4 Å². The number of nitrogens with zero attached hydrogens (tertiary/aromatic N) is 3. The topological polar surface area (TPSA) is 113 Å². The lowest BCUT2D eigenvalue weighted by Crippen LogP contribution is -2.11. The van der Waals surface area contributed by atoms with Crippen molar-refractivity contribution >= 4 is 12.2 Å². The van der Waals surface area contributed by atoms with Crippen LogP contribution in [0.4, 0.5) is 5.95 Å². The minimum absolute atomic E-state index is 0.115. The molecule has 3 rings (SSSR count). The van der Waals surface area contributed by atoms with E-state index in [1.54, 1.807) is 13.2 Å². The molecule has 1 atom stereocenters. The maximum absolute atomic E-state index is 7.40. The SMILES string of the molecule is CN/C=C(\C=N)Nc1ncnc(-c2ccc3c(c2)CCCC[C@H]3N)n1. The Morgan fingerprint density at radius 1 is 1.32 bits per heavy atom. The molecule has 0 spiro atoms. The van der Waals surface area contributed by atoms with E-state index in [1.807, 2.05) is 6.07 Å². The van der Waals surface area contributed by atoms with Crippen molar-refractivity contribution in [1.29, 1.82) is 5.41 Å². The van der Waals surface area contributed by atoms with E-state index < -0.39 is 0 Å². The Balaban J connectivity index is 1.90. The molecule has 1 aliphatic carbocycles. The molecule has 0 bridgehead atoms. The summed E-state index contributed by atoms with van der Waals surface area (Å²) in [6.45, 7) is 0. The lowest BCUT2D eigenvalue weighted by molar-refractivity contribution is 0.615. The minimum Gasteiger partial charge on any atom is -0.392 e. The van der Waals surface area contributed by atoms with Crippen LogP contribution in [0.5, 0.6) is 0 Å². The monoisotopic (exact) mass is 337 g/mol. The molecule has 1 aromatic carbocycles. The summed E-state index contributed by atoms with van der Waals surface area (Å²) in [6.07, 6.45) is 8.74. The Morgan fingerprint density at radius 3 is 3.00 bits per heavy atom. The zero-order chi connectivity index (χ0) is 17.6. The minimum atomic E-state index is 0.115. The van der Waals surface area contributed by atoms with Crippen LogP contribution in [0.15, 0.2) is 36.4 Å². The summed E-state index contributed by atoms with van der Waals surface area (Å²) in [7, 11) is 1.77. The molecule has 0 fully saturated rings. The van der Waals surface area contributed by atoms with Gasteiger partial charge in [-0.1, -0.05) is 18.6 Å². The zero-order valence-corrected chi connectivity index (χ0v) is 14.3. The number of rotatable bonds is 5. The molecule has 7 nitrogen and oxygen atoms in total. The standard InChI is InChI=1S/C18H23N7/c1-21-10-14(9-19)24-18-23-11-22-17(25-18)13-6-7-15-12(8-13)4-2-3-5-16(15)20/h6-11,16,19,21H,2-5,20H2,1H3,(H,22,23,24,25)/b14-10+,19-9?/t16-/m1/s1. The first-order valence-electron chi connectivity index (χ1n) is 8.44. The third-order valence-electron chi connectivity index (χ3n) is 4.30. The highest BCUT2D eigenvalue weighted by atomic mass is 15.1. The van der Waals surface area contributed by atoms with Crippen LogP contribution in [-0.2, 0) is 6.42 Å². The summed E-state index contributed by atoms with van der Waals surface area (Å²) in [5, 5.41) is 13.3. The molecule has 1 aliphatic rings. The molecule has 25 heavy (non-hydrogen) atoms. The lowest BCUT2D eigenvalue weighted by atomic mass is 9.97. The average Bonchev–Trinajstić information content (AvgIpc) is 2.82. The molecule has 1 aromatic heterocycles. The number of aromatic nitrogens is 3. The van der Waals surface area contributed by atoms with Crippen LogP contribution in [0.25, 0.3) is 11.4 Å². The summed E-state index contributed by atoms with van der Waals surface area (Å²) in [5.41, 5.74) is 10.3. The maximum atomic E-state index is 7.40. The molecule has 0 saturated heterocycles. The second kappa shape index (κ2) is 7.85. The van der Waals surface area contributed by atoms with Gasteiger partial charge in [-0.05, 0) is 36.5 Å². The van der Waals surface area contributed by atoms with Crippen molar-refractivity contribution in [2.75, 3.05) is 12.4 Å². The fourth-order valence-corrected chi connectivity index (χ4v) is 3.05. The molecular weight excluding hydrogens is 314 g/mol. The summed E-state index contributed by atoms with van der Waals surface area (Å²) >= 11 is 0. The Hall–Kier alpha value is -2.80. The van der Waals surface area contributed by atoms with E-state index in [9.17, 15) is 0 Å². The molecule has 2 aromatic rings. The van der Waals surface area contributed by atoms with E-state index in [-0.39, 0.29) is 6.04 Å². The van der Waals surface area contributed by atoms with Gasteiger partial charge in [0.25, 0.3) is 0 Å². The first kappa shape index (κ1) is 17.0. The maximum Gasteiger partial charge on any atom is 0.230 e. The first-order valence-corrected chi connectivity index (χ1v) is 8.44. The highest BCUT2D eigenvalue weighted by Gasteiger charge is 2.16. The smallest absolute Gasteiger partial charge is 0.230 e. The quantitative estimate of drug-likeness (QED) is 0.492. The fourth-order valence-electron chi connectivity index (χ4n) is 3.05. The van der Waals surface area contributed by atoms with Crippen LogP contribution >= 0.6 is 0 Å². The van der Waals surface area contributed by atoms with E-state index in [1.165, 1.54) is 23.7 Å². The number of hydrogen-bond acceptors (Lipinski definition) is 7. The second-order valence-corrected chi connectivity index (χ2v) is 6.06. The first-order chi connectivity index (χ1) is 12.2. The molecule has 1 heterocycles. The van der Waals surface area contributed by atoms with Crippen molar-refractivity contribution in [3.05, 3.63) is 47.6 Å². The molecular formula is C18H23N7. The number of allylic oxidation sites excluding steroid dienone is 1. The molecule has 5 N–H and O–H groups in total. The van der Waals surface area contributed by atoms with E-state index in [0.29, 0.717) is 17.5 Å². The number of aryl methyl sites for hydroxylation is 1. The van der Waals surface area contributed by atoms with Gasteiger partial charge in [0.1, 0.15) is 6.33 Å². The second-order valence-electron chi connectivity index (χ2n) is 6.06. The highest BCUT2D eigenvalue weighted by Crippen LogP contribution is 2.30. The number of fused-ring (bicyclic) bond motifs is 1. The Morgan fingerprint density at radius 2 is 2.20 bits per heavy atom. The van der Waals surface area contributed by atoms with Gasteiger partial charge in [0.15, 0.2) is 5.82 Å². The van der Waals surface area contributed by atoms with Crippen molar-refractivity contribution in [2.24, 2.45) is 5.73 Å². The van der Waals surface area contributed by atoms with Gasteiger partial charge in [0, 0.05) is 31.1 Å². The summed E-state index contributed by atoms with van der Waals surface area (Å²) in [5.74, 6) is 1.01. The Bertz CT molecular complexity index is 785. The zero-order valence-electron chi connectivity index (χ0n) is 14.3. The van der Waals surface area contributed by atoms with E-state index in [4.69, 9.17) is 11.1 Å². The van der Waals surface area contributed by atoms with Gasteiger partial charge in [-0.2, -0.15) is 4.98 Å². The van der Waals surface area contributed by atoms with Crippen molar-refractivity contribution < 1.29 is 0 Å². The van der Waals surface area contributed by atoms with E-state index >= 15 is 0 Å². The van der Waals surface area contributed by atoms with Crippen molar-refractivity contribution in [3.8, 4) is 11.4 Å². The molecule has 0 aliphatic heterocycles. The van der Waals surface area contributed by atoms with Crippen molar-refractivity contribution in [3.63, 3.8) is 0 Å². The third-order valence-corrected chi connectivity index (χ3v) is 4.30. The molecule has 0 saturated carbocycles. The largest absolute Gasteiger partial charge is 0.392 e. The summed E-state index contributed by atoms with van der Waals surface area (Å²) < 4.78 is 0. The summed E-state index contributed by atoms with van der Waals surface area (Å²) in [6, 6.07) is 6.37. The predicted octanol–water partition coefficient (Wildman–Crippen LogP) is 2.39. The predicted molar refractivity (Wildman–Crippen MR) is 99.3 cm³/mol. The lowest BCUT2D eigenvalue weighted by Gasteiger charge is -2.13. The van der Waals surface area contributed by atoms with E-state index in [2.05, 4.69) is 37.7 Å². The van der Waals surface area contributed by atoms with Gasteiger partial charge in [0.2, 0.25) is 5.95 Å². The number of hydrogen-bond donors (Lipinski definition) is 4. The van der Waals surface area contributed by atoms with Gasteiger partial charge in [-0.15, -0.1) is 0 Å². The van der Waals surface area contributed by atoms with Crippen LogP contribution in [0.1, 0.15) is 36.4 Å². The number of nitrogens with one attached hydrogen (secondary N) is 3. The molecule has 0 radical (unpaired) electrons. The molecule has 0 amide bonds. The number of anilines is 1. The molecule has 0 unspecified atom stereocenters. The normalized spacial score (nSPS) is 17.4. The van der Waals surface area contributed by atoms with Gasteiger partial charge < -0.3 is 21.8 Å². The summed E-state index contributed by atoms with van der Waals surface area (Å²) in [4.78, 5) is 12.9. The number of nitrogens with two attached hydrogens (primary N) is 1. The highest BCUT2D eigenvalue weighted by molar-refractivity contribution is 5.79. The fraction of sp³-hybridized carbons (Fsp3) is 0.333. The molecule has 130 valence electrons. The van der Waals surface area contributed by atoms with Gasteiger partial charge in [0.05, 0.1) is 5.70 Å². The third kappa shape index (κ3) is 4.00. The Labute approximate surface area is 147 Å². The van der Waals surface area contributed by atoms with Crippen LogP contribution in [0.2, 0.25) is 0 Å². The van der Waals surface area contributed by atoms with Crippen molar-refractivity contribution in [1.82, 2.24) is 20.3 Å². The van der Waals surface area contributed by atoms with Crippen molar-refractivity contribution in [2.45, 2.75) is 31.7 Å². The number of benzene rings is 1. The molecule has 7 heteroatoms. The van der Waals surface area contributed by atoms with Gasteiger partial charge >= 0.3 is 0 Å². The van der Waals surface area contributed by atoms with Gasteiger partial charge in [-0.3, -0.25) is 0 Å². The van der Waals surface area contributed by atoms with Crippen LogP contribution in [0.3, 0.4) is 0 Å². The van der Waals surface area contributed by atoms with Crippen LogP contribution in [0, 0.1) is 5.41 Å². The average molecular weight is 337 g/mol. The Kier molecular flexibility index (Phi) is 5.35. The van der Waals surface area contributed by atoms with Crippen LogP contribution in [-0.4, -0.2) is 28.2 Å². The van der Waals surface area contributed by atoms with E-state index in [0.717, 1.165) is 31.2 Å².